The van der Waals surface area contributed by atoms with Crippen LogP contribution in [0.5, 0.6) is 0 Å². The molecular formula is C13H18O4. The Morgan fingerprint density at radius 3 is 3.00 bits per heavy atom. The molecule has 0 unspecified atom stereocenters. The first kappa shape index (κ1) is 12.3. The number of methoxy groups -OCH3 is 1. The number of aliphatic hydroxyl groups is 1. The molecule has 0 saturated heterocycles. The van der Waals surface area contributed by atoms with Crippen molar-refractivity contribution in [3.05, 3.63) is 33.4 Å². The van der Waals surface area contributed by atoms with Gasteiger partial charge in [0.2, 0.25) is 0 Å². The molecule has 1 N–H and O–H groups in total. The molecule has 2 atom stereocenters. The minimum atomic E-state index is -0.697. The summed E-state index contributed by atoms with van der Waals surface area (Å²) in [6.07, 6.45) is 3.22. The van der Waals surface area contributed by atoms with Crippen LogP contribution in [0.3, 0.4) is 0 Å². The van der Waals surface area contributed by atoms with E-state index in [2.05, 4.69) is 0 Å². The van der Waals surface area contributed by atoms with Crippen LogP contribution in [-0.2, 0) is 17.8 Å². The molecule has 4 heteroatoms. The summed E-state index contributed by atoms with van der Waals surface area (Å²) in [5, 5.41) is 10.2. The molecule has 0 bridgehead atoms. The maximum atomic E-state index is 12.2. The van der Waals surface area contributed by atoms with Crippen LogP contribution in [-0.4, -0.2) is 12.2 Å². The Labute approximate surface area is 100 Å². The van der Waals surface area contributed by atoms with Crippen LogP contribution in [0.4, 0.5) is 0 Å². The van der Waals surface area contributed by atoms with Crippen LogP contribution in [0, 0.1) is 5.92 Å². The van der Waals surface area contributed by atoms with Gasteiger partial charge < -0.3 is 14.3 Å². The predicted molar refractivity (Wildman–Crippen MR) is 62.8 cm³/mol. The van der Waals surface area contributed by atoms with Gasteiger partial charge in [-0.1, -0.05) is 13.3 Å². The summed E-state index contributed by atoms with van der Waals surface area (Å²) in [6, 6.07) is 0. The van der Waals surface area contributed by atoms with Gasteiger partial charge in [0, 0.05) is 13.5 Å². The number of hydrogen-bond acceptors (Lipinski definition) is 4. The highest BCUT2D eigenvalue weighted by atomic mass is 16.5. The maximum absolute atomic E-state index is 12.2. The summed E-state index contributed by atoms with van der Waals surface area (Å²) in [7, 11) is 1.53. The van der Waals surface area contributed by atoms with Crippen LogP contribution in [0.2, 0.25) is 0 Å². The lowest BCUT2D eigenvalue weighted by Crippen LogP contribution is -2.28. The topological polar surface area (TPSA) is 59.7 Å². The molecule has 0 fully saturated rings. The Balaban J connectivity index is 2.46. The van der Waals surface area contributed by atoms with E-state index in [4.69, 9.17) is 9.15 Å². The summed E-state index contributed by atoms with van der Waals surface area (Å²) >= 11 is 0. The van der Waals surface area contributed by atoms with Crippen molar-refractivity contribution in [3.63, 3.8) is 0 Å². The molecule has 1 aliphatic carbocycles. The normalized spacial score (nSPS) is 23.5. The zero-order chi connectivity index (χ0) is 12.4. The second-order valence-corrected chi connectivity index (χ2v) is 4.51. The van der Waals surface area contributed by atoms with Gasteiger partial charge in [0.15, 0.2) is 5.43 Å². The van der Waals surface area contributed by atoms with E-state index < -0.39 is 6.10 Å². The number of fused-ring (bicyclic) bond motifs is 1. The van der Waals surface area contributed by atoms with Crippen LogP contribution < -0.4 is 5.43 Å². The van der Waals surface area contributed by atoms with Gasteiger partial charge in [0.1, 0.15) is 5.76 Å². The molecule has 0 aliphatic heterocycles. The highest BCUT2D eigenvalue weighted by Crippen LogP contribution is 2.34. The zero-order valence-electron chi connectivity index (χ0n) is 10.2. The molecule has 0 radical (unpaired) electrons. The third-order valence-corrected chi connectivity index (χ3v) is 3.49. The van der Waals surface area contributed by atoms with Crippen molar-refractivity contribution in [2.45, 2.75) is 38.9 Å². The molecule has 17 heavy (non-hydrogen) atoms. The second-order valence-electron chi connectivity index (χ2n) is 4.51. The van der Waals surface area contributed by atoms with Crippen LogP contribution in [0.25, 0.3) is 0 Å². The third-order valence-electron chi connectivity index (χ3n) is 3.49. The summed E-state index contributed by atoms with van der Waals surface area (Å²) in [4.78, 5) is 12.2. The average molecular weight is 238 g/mol. The standard InChI is InChI=1S/C13H18O4/c1-3-8-4-5-10-11(12(8)14)13(15)9(6-16-2)7-17-10/h7-8,12,14H,3-6H2,1-2H3/t8-,12-/m1/s1. The Kier molecular flexibility index (Phi) is 3.64. The van der Waals surface area contributed by atoms with Gasteiger partial charge >= 0.3 is 0 Å². The van der Waals surface area contributed by atoms with E-state index in [1.165, 1.54) is 13.4 Å². The van der Waals surface area contributed by atoms with Gasteiger partial charge in [-0.3, -0.25) is 4.79 Å². The lowest BCUT2D eigenvalue weighted by Gasteiger charge is -2.27. The summed E-state index contributed by atoms with van der Waals surface area (Å²) in [6.45, 7) is 2.25. The largest absolute Gasteiger partial charge is 0.468 e. The van der Waals surface area contributed by atoms with E-state index >= 15 is 0 Å². The lowest BCUT2D eigenvalue weighted by atomic mass is 9.82. The van der Waals surface area contributed by atoms with E-state index in [1.54, 1.807) is 0 Å². The monoisotopic (exact) mass is 238 g/mol. The Morgan fingerprint density at radius 1 is 1.59 bits per heavy atom. The smallest absolute Gasteiger partial charge is 0.196 e. The van der Waals surface area contributed by atoms with Crippen molar-refractivity contribution in [3.8, 4) is 0 Å². The van der Waals surface area contributed by atoms with Gasteiger partial charge in [0.05, 0.1) is 30.1 Å². The van der Waals surface area contributed by atoms with Gasteiger partial charge in [-0.25, -0.2) is 0 Å². The van der Waals surface area contributed by atoms with Gasteiger partial charge in [-0.15, -0.1) is 0 Å². The third kappa shape index (κ3) is 2.15. The second kappa shape index (κ2) is 5.02. The van der Waals surface area contributed by atoms with Crippen molar-refractivity contribution >= 4 is 0 Å². The van der Waals surface area contributed by atoms with Gasteiger partial charge in [-0.2, -0.15) is 0 Å². The van der Waals surface area contributed by atoms with E-state index in [0.717, 1.165) is 19.3 Å². The van der Waals surface area contributed by atoms with Crippen molar-refractivity contribution in [1.82, 2.24) is 0 Å². The minimum absolute atomic E-state index is 0.126. The fourth-order valence-electron chi connectivity index (χ4n) is 2.44. The molecule has 94 valence electrons. The summed E-state index contributed by atoms with van der Waals surface area (Å²) in [5.74, 6) is 0.787. The van der Waals surface area contributed by atoms with Crippen LogP contribution in [0.15, 0.2) is 15.5 Å². The van der Waals surface area contributed by atoms with Crippen molar-refractivity contribution < 1.29 is 14.3 Å². The predicted octanol–water partition coefficient (Wildman–Crippen LogP) is 1.79. The molecule has 1 aromatic heterocycles. The number of rotatable bonds is 3. The molecule has 0 spiro atoms. The number of aliphatic hydroxyl groups excluding tert-OH is 1. The van der Waals surface area contributed by atoms with Crippen molar-refractivity contribution in [1.29, 1.82) is 0 Å². The highest BCUT2D eigenvalue weighted by Gasteiger charge is 2.31. The number of hydrogen-bond donors (Lipinski definition) is 1. The average Bonchev–Trinajstić information content (AvgIpc) is 2.33. The molecule has 0 amide bonds. The van der Waals surface area contributed by atoms with Crippen LogP contribution >= 0.6 is 0 Å². The van der Waals surface area contributed by atoms with E-state index in [9.17, 15) is 9.90 Å². The SMILES string of the molecule is CC[C@@H]1CCc2occ(COC)c(=O)c2[C@@H]1O. The van der Waals surface area contributed by atoms with Gasteiger partial charge in [0.25, 0.3) is 0 Å². The quantitative estimate of drug-likeness (QED) is 0.872. The zero-order valence-corrected chi connectivity index (χ0v) is 10.2. The number of aryl methyl sites for hydroxylation is 1. The molecule has 1 aliphatic rings. The van der Waals surface area contributed by atoms with Crippen molar-refractivity contribution in [2.75, 3.05) is 7.11 Å². The van der Waals surface area contributed by atoms with Crippen LogP contribution in [0.1, 0.15) is 42.8 Å². The Morgan fingerprint density at radius 2 is 2.35 bits per heavy atom. The minimum Gasteiger partial charge on any atom is -0.468 e. The van der Waals surface area contributed by atoms with Gasteiger partial charge in [-0.05, 0) is 12.3 Å². The molecule has 1 heterocycles. The molecule has 4 nitrogen and oxygen atoms in total. The Hall–Kier alpha value is -1.13. The summed E-state index contributed by atoms with van der Waals surface area (Å²) in [5.41, 5.74) is 0.790. The van der Waals surface area contributed by atoms with E-state index in [0.29, 0.717) is 16.9 Å². The lowest BCUT2D eigenvalue weighted by molar-refractivity contribution is 0.0830. The first-order chi connectivity index (χ1) is 8.19. The van der Waals surface area contributed by atoms with Crippen molar-refractivity contribution in [2.24, 2.45) is 5.92 Å². The molecule has 0 saturated carbocycles. The highest BCUT2D eigenvalue weighted by molar-refractivity contribution is 5.27. The molecule has 1 aromatic rings. The summed E-state index contributed by atoms with van der Waals surface area (Å²) < 4.78 is 10.4. The molecule has 0 aromatic carbocycles. The van der Waals surface area contributed by atoms with E-state index in [-0.39, 0.29) is 18.0 Å². The molecule has 2 rings (SSSR count). The first-order valence-electron chi connectivity index (χ1n) is 5.99. The molecular weight excluding hydrogens is 220 g/mol. The fourth-order valence-corrected chi connectivity index (χ4v) is 2.44. The first-order valence-corrected chi connectivity index (χ1v) is 5.99. The van der Waals surface area contributed by atoms with E-state index in [1.807, 2.05) is 6.92 Å². The number of ether oxygens (including phenoxy) is 1. The maximum Gasteiger partial charge on any atom is 0.196 e. The fraction of sp³-hybridized carbons (Fsp3) is 0.615. The Bertz CT molecular complexity index is 449.